The number of carbonyl (C=O) groups excluding carboxylic acids is 1. The molecule has 0 spiro atoms. The number of ketones is 1. The molecule has 2 aliphatic rings. The second-order valence-corrected chi connectivity index (χ2v) is 8.03. The van der Waals surface area contributed by atoms with Gasteiger partial charge in [0.1, 0.15) is 11.6 Å². The van der Waals surface area contributed by atoms with Crippen LogP contribution in [0.15, 0.2) is 54.7 Å². The van der Waals surface area contributed by atoms with E-state index in [1.54, 1.807) is 36.5 Å². The van der Waals surface area contributed by atoms with Crippen molar-refractivity contribution in [2.45, 2.75) is 18.8 Å². The van der Waals surface area contributed by atoms with Crippen LogP contribution in [0.1, 0.15) is 34.0 Å². The number of benzene rings is 2. The first-order chi connectivity index (χ1) is 15.1. The van der Waals surface area contributed by atoms with Crippen LogP contribution in [0.25, 0.3) is 0 Å². The highest BCUT2D eigenvalue weighted by molar-refractivity contribution is 5.98. The summed E-state index contributed by atoms with van der Waals surface area (Å²) in [6, 6.07) is 13.1. The second-order valence-electron chi connectivity index (χ2n) is 8.03. The molecule has 2 heterocycles. The molecular formula is C24H22F2N4O. The predicted molar refractivity (Wildman–Crippen MR) is 115 cm³/mol. The van der Waals surface area contributed by atoms with Crippen LogP contribution in [0.3, 0.4) is 0 Å². The number of hydrogen-bond donors (Lipinski definition) is 0. The van der Waals surface area contributed by atoms with E-state index in [1.165, 1.54) is 18.2 Å². The highest BCUT2D eigenvalue weighted by Gasteiger charge is 2.30. The summed E-state index contributed by atoms with van der Waals surface area (Å²) in [4.78, 5) is 26.1. The fraction of sp³-hybridized carbons (Fsp3) is 0.292. The average molecular weight is 420 g/mol. The van der Waals surface area contributed by atoms with Gasteiger partial charge in [-0.25, -0.2) is 18.7 Å². The van der Waals surface area contributed by atoms with Gasteiger partial charge in [0.05, 0.1) is 11.3 Å². The van der Waals surface area contributed by atoms with Gasteiger partial charge in [-0.2, -0.15) is 0 Å². The van der Waals surface area contributed by atoms with E-state index in [0.29, 0.717) is 29.2 Å². The van der Waals surface area contributed by atoms with E-state index in [9.17, 15) is 13.6 Å². The van der Waals surface area contributed by atoms with E-state index in [4.69, 9.17) is 4.98 Å². The monoisotopic (exact) mass is 420 g/mol. The Morgan fingerprint density at radius 1 is 0.871 bits per heavy atom. The SMILES string of the molecule is O=C1C[C@@H](c2ccccc2F)Cc2nc(N3CCN(c4ccc(F)cc4)CC3)ncc21. The van der Waals surface area contributed by atoms with Crippen molar-refractivity contribution in [1.82, 2.24) is 9.97 Å². The second kappa shape index (κ2) is 8.06. The summed E-state index contributed by atoms with van der Waals surface area (Å²) in [5, 5.41) is 0. The molecule has 1 aliphatic carbocycles. The largest absolute Gasteiger partial charge is 0.368 e. The van der Waals surface area contributed by atoms with Gasteiger partial charge in [-0.05, 0) is 48.2 Å². The molecule has 5 nitrogen and oxygen atoms in total. The van der Waals surface area contributed by atoms with E-state index < -0.39 is 0 Å². The Labute approximate surface area is 179 Å². The van der Waals surface area contributed by atoms with Crippen LogP contribution in [-0.2, 0) is 6.42 Å². The molecule has 2 aromatic carbocycles. The average Bonchev–Trinajstić information content (AvgIpc) is 2.79. The summed E-state index contributed by atoms with van der Waals surface area (Å²) >= 11 is 0. The van der Waals surface area contributed by atoms with Crippen molar-refractivity contribution in [3.8, 4) is 0 Å². The number of piperazine rings is 1. The normalized spacial score (nSPS) is 18.8. The van der Waals surface area contributed by atoms with Crippen molar-refractivity contribution in [2.75, 3.05) is 36.0 Å². The lowest BCUT2D eigenvalue weighted by atomic mass is 9.82. The first-order valence-electron chi connectivity index (χ1n) is 10.5. The molecule has 1 aromatic heterocycles. The van der Waals surface area contributed by atoms with Gasteiger partial charge in [0.25, 0.3) is 0 Å². The van der Waals surface area contributed by atoms with Gasteiger partial charge in [-0.15, -0.1) is 0 Å². The van der Waals surface area contributed by atoms with Gasteiger partial charge in [-0.3, -0.25) is 4.79 Å². The van der Waals surface area contributed by atoms with Crippen LogP contribution in [0.5, 0.6) is 0 Å². The fourth-order valence-corrected chi connectivity index (χ4v) is 4.43. The van der Waals surface area contributed by atoms with E-state index in [-0.39, 0.29) is 29.8 Å². The number of halogens is 2. The maximum absolute atomic E-state index is 14.3. The van der Waals surface area contributed by atoms with E-state index in [1.807, 2.05) is 0 Å². The van der Waals surface area contributed by atoms with E-state index in [2.05, 4.69) is 14.8 Å². The molecule has 3 aromatic rings. The predicted octanol–water partition coefficient (Wildman–Crippen LogP) is 3.99. The lowest BCUT2D eigenvalue weighted by Crippen LogP contribution is -2.47. The van der Waals surface area contributed by atoms with Crippen molar-refractivity contribution < 1.29 is 13.6 Å². The Bertz CT molecular complexity index is 1110. The van der Waals surface area contributed by atoms with Crippen LogP contribution >= 0.6 is 0 Å². The van der Waals surface area contributed by atoms with Gasteiger partial charge in [0.15, 0.2) is 5.78 Å². The number of fused-ring (bicyclic) bond motifs is 1. The van der Waals surface area contributed by atoms with E-state index in [0.717, 1.165) is 31.9 Å². The summed E-state index contributed by atoms with van der Waals surface area (Å²) in [6.45, 7) is 2.98. The van der Waals surface area contributed by atoms with Crippen molar-refractivity contribution >= 4 is 17.4 Å². The Morgan fingerprint density at radius 3 is 2.32 bits per heavy atom. The molecule has 0 unspecified atom stereocenters. The maximum Gasteiger partial charge on any atom is 0.225 e. The fourth-order valence-electron chi connectivity index (χ4n) is 4.43. The molecule has 0 saturated carbocycles. The number of anilines is 2. The first-order valence-corrected chi connectivity index (χ1v) is 10.5. The maximum atomic E-state index is 14.3. The zero-order valence-electron chi connectivity index (χ0n) is 17.0. The lowest BCUT2D eigenvalue weighted by Gasteiger charge is -2.36. The summed E-state index contributed by atoms with van der Waals surface area (Å²) in [7, 11) is 0. The van der Waals surface area contributed by atoms with Gasteiger partial charge in [-0.1, -0.05) is 18.2 Å². The van der Waals surface area contributed by atoms with Crippen LogP contribution in [-0.4, -0.2) is 41.9 Å². The minimum Gasteiger partial charge on any atom is -0.368 e. The molecule has 0 N–H and O–H groups in total. The molecule has 1 saturated heterocycles. The molecule has 0 radical (unpaired) electrons. The molecule has 1 fully saturated rings. The van der Waals surface area contributed by atoms with Crippen molar-refractivity contribution in [3.63, 3.8) is 0 Å². The molecule has 31 heavy (non-hydrogen) atoms. The summed E-state index contributed by atoms with van der Waals surface area (Å²) in [5.74, 6) is -0.177. The molecule has 7 heteroatoms. The molecule has 1 atom stereocenters. The Morgan fingerprint density at radius 2 is 1.58 bits per heavy atom. The van der Waals surface area contributed by atoms with Crippen LogP contribution in [0, 0.1) is 11.6 Å². The Hall–Kier alpha value is -3.35. The molecule has 5 rings (SSSR count). The molecular weight excluding hydrogens is 398 g/mol. The minimum atomic E-state index is -0.282. The van der Waals surface area contributed by atoms with Crippen molar-refractivity contribution in [3.05, 3.63) is 83.2 Å². The standard InChI is InChI=1S/C24H22F2N4O/c25-17-5-7-18(8-6-17)29-9-11-30(12-10-29)24-27-15-20-22(28-24)13-16(14-23(20)31)19-3-1-2-4-21(19)26/h1-8,15-16H,9-14H2/t16-/m0/s1. The number of nitrogens with zero attached hydrogens (tertiary/aromatic N) is 4. The van der Waals surface area contributed by atoms with Crippen LogP contribution in [0.4, 0.5) is 20.4 Å². The third kappa shape index (κ3) is 3.87. The number of Topliss-reactive ketones (excluding diaryl/α,β-unsaturated/α-hetero) is 1. The smallest absolute Gasteiger partial charge is 0.225 e. The third-order valence-electron chi connectivity index (χ3n) is 6.13. The summed E-state index contributed by atoms with van der Waals surface area (Å²) < 4.78 is 27.4. The number of aromatic nitrogens is 2. The van der Waals surface area contributed by atoms with Crippen LogP contribution in [0.2, 0.25) is 0 Å². The molecule has 0 amide bonds. The highest BCUT2D eigenvalue weighted by atomic mass is 19.1. The van der Waals surface area contributed by atoms with E-state index >= 15 is 0 Å². The van der Waals surface area contributed by atoms with Crippen LogP contribution < -0.4 is 9.80 Å². The van der Waals surface area contributed by atoms with Gasteiger partial charge in [0, 0.05) is 44.5 Å². The summed E-state index contributed by atoms with van der Waals surface area (Å²) in [6.07, 6.45) is 2.41. The van der Waals surface area contributed by atoms with Gasteiger partial charge >= 0.3 is 0 Å². The Kier molecular flexibility index (Phi) is 5.10. The summed E-state index contributed by atoms with van der Waals surface area (Å²) in [5.41, 5.74) is 2.79. The quantitative estimate of drug-likeness (QED) is 0.641. The molecule has 1 aliphatic heterocycles. The Balaban J connectivity index is 1.32. The third-order valence-corrected chi connectivity index (χ3v) is 6.13. The first kappa shape index (κ1) is 19.6. The van der Waals surface area contributed by atoms with Crippen molar-refractivity contribution in [1.29, 1.82) is 0 Å². The lowest BCUT2D eigenvalue weighted by molar-refractivity contribution is 0.0962. The number of hydrogen-bond acceptors (Lipinski definition) is 5. The zero-order valence-corrected chi connectivity index (χ0v) is 17.0. The topological polar surface area (TPSA) is 49.3 Å². The molecule has 0 bridgehead atoms. The number of carbonyl (C=O) groups is 1. The van der Waals surface area contributed by atoms with Crippen molar-refractivity contribution in [2.24, 2.45) is 0 Å². The number of rotatable bonds is 3. The highest BCUT2D eigenvalue weighted by Crippen LogP contribution is 2.33. The van der Waals surface area contributed by atoms with Gasteiger partial charge < -0.3 is 9.80 Å². The minimum absolute atomic E-state index is 0.0396. The van der Waals surface area contributed by atoms with Gasteiger partial charge in [0.2, 0.25) is 5.95 Å². The molecule has 158 valence electrons. The zero-order chi connectivity index (χ0) is 21.4.